The van der Waals surface area contributed by atoms with Crippen LogP contribution in [-0.2, 0) is 0 Å². The van der Waals surface area contributed by atoms with E-state index in [-0.39, 0.29) is 0 Å². The zero-order valence-corrected chi connectivity index (χ0v) is 8.55. The van der Waals surface area contributed by atoms with Crippen LogP contribution in [0.25, 0.3) is 0 Å². The highest BCUT2D eigenvalue weighted by Gasteiger charge is 2.16. The van der Waals surface area contributed by atoms with Gasteiger partial charge in [-0.3, -0.25) is 0 Å². The summed E-state index contributed by atoms with van der Waals surface area (Å²) in [5.74, 6) is 0. The van der Waals surface area contributed by atoms with Crippen molar-refractivity contribution in [2.75, 3.05) is 0 Å². The summed E-state index contributed by atoms with van der Waals surface area (Å²) < 4.78 is 0. The van der Waals surface area contributed by atoms with E-state index in [0.717, 1.165) is 11.1 Å². The molecule has 0 amide bonds. The topological polar surface area (TPSA) is 46.2 Å². The number of hydrogen-bond donors (Lipinski definition) is 2. The highest BCUT2D eigenvalue weighted by Crippen LogP contribution is 2.26. The molecule has 2 atom stereocenters. The fourth-order valence-corrected chi connectivity index (χ4v) is 1.66. The van der Waals surface area contributed by atoms with Gasteiger partial charge in [0.2, 0.25) is 0 Å². The minimum atomic E-state index is -0.585. The van der Waals surface area contributed by atoms with Crippen molar-refractivity contribution >= 4 is 11.6 Å². The van der Waals surface area contributed by atoms with Gasteiger partial charge in [0.15, 0.2) is 0 Å². The molecule has 0 heterocycles. The van der Waals surface area contributed by atoms with Crippen molar-refractivity contribution in [3.63, 3.8) is 0 Å². The number of halogens is 1. The molecule has 3 N–H and O–H groups in total. The first-order valence-corrected chi connectivity index (χ1v) is 4.60. The summed E-state index contributed by atoms with van der Waals surface area (Å²) in [6, 6.07) is 5.18. The minimum absolute atomic E-state index is 0.409. The molecule has 0 radical (unpaired) electrons. The zero-order chi connectivity index (χ0) is 10.0. The van der Waals surface area contributed by atoms with Crippen molar-refractivity contribution in [3.05, 3.63) is 34.3 Å². The van der Waals surface area contributed by atoms with Crippen LogP contribution < -0.4 is 5.73 Å². The largest absolute Gasteiger partial charge is 0.391 e. The van der Waals surface area contributed by atoms with Crippen LogP contribution in [0.4, 0.5) is 0 Å². The van der Waals surface area contributed by atoms with Gasteiger partial charge in [-0.1, -0.05) is 23.7 Å². The molecule has 0 unspecified atom stereocenters. The highest BCUT2D eigenvalue weighted by atomic mass is 35.5. The SMILES string of the molecule is Cc1cccc(Cl)c1[C@H](N)[C@@H](C)O. The Bertz CT molecular complexity index is 279. The molecule has 0 aromatic heterocycles. The normalized spacial score (nSPS) is 15.5. The lowest BCUT2D eigenvalue weighted by Crippen LogP contribution is -2.24. The van der Waals surface area contributed by atoms with E-state index in [1.54, 1.807) is 13.0 Å². The molecule has 0 bridgehead atoms. The van der Waals surface area contributed by atoms with Crippen molar-refractivity contribution in [3.8, 4) is 0 Å². The third kappa shape index (κ3) is 2.21. The molecule has 0 aliphatic rings. The molecule has 1 aromatic rings. The Labute approximate surface area is 83.3 Å². The van der Waals surface area contributed by atoms with Gasteiger partial charge in [0.25, 0.3) is 0 Å². The Balaban J connectivity index is 3.12. The van der Waals surface area contributed by atoms with E-state index in [9.17, 15) is 5.11 Å². The van der Waals surface area contributed by atoms with Crippen LogP contribution in [0.1, 0.15) is 24.1 Å². The van der Waals surface area contributed by atoms with Gasteiger partial charge in [-0.2, -0.15) is 0 Å². The molecule has 72 valence electrons. The first kappa shape index (κ1) is 10.5. The van der Waals surface area contributed by atoms with Gasteiger partial charge in [0, 0.05) is 5.02 Å². The molecule has 3 heteroatoms. The first-order valence-electron chi connectivity index (χ1n) is 4.22. The number of nitrogens with two attached hydrogens (primary N) is 1. The van der Waals surface area contributed by atoms with Gasteiger partial charge in [0.05, 0.1) is 12.1 Å². The predicted octanol–water partition coefficient (Wildman–Crippen LogP) is 2.03. The first-order chi connectivity index (χ1) is 6.04. The molecule has 1 rings (SSSR count). The van der Waals surface area contributed by atoms with Gasteiger partial charge in [-0.05, 0) is 31.0 Å². The van der Waals surface area contributed by atoms with Crippen LogP contribution in [0, 0.1) is 6.92 Å². The van der Waals surface area contributed by atoms with Crippen LogP contribution in [-0.4, -0.2) is 11.2 Å². The third-order valence-electron chi connectivity index (χ3n) is 2.12. The van der Waals surface area contributed by atoms with Gasteiger partial charge >= 0.3 is 0 Å². The highest BCUT2D eigenvalue weighted by molar-refractivity contribution is 6.31. The van der Waals surface area contributed by atoms with E-state index < -0.39 is 12.1 Å². The fourth-order valence-electron chi connectivity index (χ4n) is 1.31. The zero-order valence-electron chi connectivity index (χ0n) is 7.79. The number of aliphatic hydroxyl groups excluding tert-OH is 1. The van der Waals surface area contributed by atoms with Gasteiger partial charge in [-0.15, -0.1) is 0 Å². The summed E-state index contributed by atoms with van der Waals surface area (Å²) in [5.41, 5.74) is 7.65. The van der Waals surface area contributed by atoms with Crippen molar-refractivity contribution in [1.82, 2.24) is 0 Å². The van der Waals surface area contributed by atoms with Crippen LogP contribution >= 0.6 is 11.6 Å². The lowest BCUT2D eigenvalue weighted by Gasteiger charge is -2.18. The Morgan fingerprint density at radius 3 is 2.54 bits per heavy atom. The molecule has 0 spiro atoms. The number of hydrogen-bond acceptors (Lipinski definition) is 2. The summed E-state index contributed by atoms with van der Waals surface area (Å²) in [4.78, 5) is 0. The van der Waals surface area contributed by atoms with Crippen LogP contribution in [0.2, 0.25) is 5.02 Å². The summed E-state index contributed by atoms with van der Waals surface area (Å²) in [7, 11) is 0. The molecule has 13 heavy (non-hydrogen) atoms. The monoisotopic (exact) mass is 199 g/mol. The smallest absolute Gasteiger partial charge is 0.0705 e. The Morgan fingerprint density at radius 2 is 2.08 bits per heavy atom. The van der Waals surface area contributed by atoms with E-state index >= 15 is 0 Å². The molecule has 0 aliphatic heterocycles. The van der Waals surface area contributed by atoms with Crippen molar-refractivity contribution in [2.24, 2.45) is 5.73 Å². The minimum Gasteiger partial charge on any atom is -0.391 e. The molecular weight excluding hydrogens is 186 g/mol. The maximum absolute atomic E-state index is 9.34. The fraction of sp³-hybridized carbons (Fsp3) is 0.400. The average Bonchev–Trinajstić information content (AvgIpc) is 2.03. The molecule has 0 fully saturated rings. The molecule has 1 aromatic carbocycles. The summed E-state index contributed by atoms with van der Waals surface area (Å²) in [6.07, 6.45) is -0.585. The Morgan fingerprint density at radius 1 is 1.46 bits per heavy atom. The lowest BCUT2D eigenvalue weighted by molar-refractivity contribution is 0.164. The Hall–Kier alpha value is -0.570. The standard InChI is InChI=1S/C10H14ClNO/c1-6-4-3-5-8(11)9(6)10(12)7(2)13/h3-5,7,10,13H,12H2,1-2H3/t7-,10-/m1/s1. The van der Waals surface area contributed by atoms with Gasteiger partial charge in [-0.25, -0.2) is 0 Å². The molecule has 0 saturated heterocycles. The van der Waals surface area contributed by atoms with Crippen LogP contribution in [0.15, 0.2) is 18.2 Å². The quantitative estimate of drug-likeness (QED) is 0.766. The van der Waals surface area contributed by atoms with Crippen LogP contribution in [0.3, 0.4) is 0 Å². The van der Waals surface area contributed by atoms with E-state index in [1.165, 1.54) is 0 Å². The van der Waals surface area contributed by atoms with Crippen LogP contribution in [0.5, 0.6) is 0 Å². The van der Waals surface area contributed by atoms with Gasteiger partial charge in [0.1, 0.15) is 0 Å². The van der Waals surface area contributed by atoms with E-state index in [4.69, 9.17) is 17.3 Å². The maximum atomic E-state index is 9.34. The van der Waals surface area contributed by atoms with Crippen molar-refractivity contribution in [2.45, 2.75) is 26.0 Å². The third-order valence-corrected chi connectivity index (χ3v) is 2.45. The Kier molecular flexibility index (Phi) is 3.31. The molecule has 2 nitrogen and oxygen atoms in total. The lowest BCUT2D eigenvalue weighted by atomic mass is 9.98. The number of rotatable bonds is 2. The van der Waals surface area contributed by atoms with E-state index in [1.807, 2.05) is 19.1 Å². The summed E-state index contributed by atoms with van der Waals surface area (Å²) in [5, 5.41) is 9.96. The molecule has 0 aliphatic carbocycles. The number of aliphatic hydroxyl groups is 1. The molecule has 0 saturated carbocycles. The number of benzene rings is 1. The maximum Gasteiger partial charge on any atom is 0.0705 e. The van der Waals surface area contributed by atoms with Gasteiger partial charge < -0.3 is 10.8 Å². The predicted molar refractivity (Wildman–Crippen MR) is 54.8 cm³/mol. The van der Waals surface area contributed by atoms with E-state index in [0.29, 0.717) is 5.02 Å². The molecular formula is C10H14ClNO. The second kappa shape index (κ2) is 4.09. The second-order valence-corrected chi connectivity index (χ2v) is 3.64. The second-order valence-electron chi connectivity index (χ2n) is 3.24. The summed E-state index contributed by atoms with van der Waals surface area (Å²) >= 11 is 5.98. The average molecular weight is 200 g/mol. The number of aryl methyl sites for hydroxylation is 1. The summed E-state index contributed by atoms with van der Waals surface area (Å²) in [6.45, 7) is 3.59. The van der Waals surface area contributed by atoms with E-state index in [2.05, 4.69) is 0 Å². The van der Waals surface area contributed by atoms with Crippen molar-refractivity contribution < 1.29 is 5.11 Å². The van der Waals surface area contributed by atoms with Crippen molar-refractivity contribution in [1.29, 1.82) is 0 Å².